The number of benzene rings is 1. The fourth-order valence-corrected chi connectivity index (χ4v) is 4.06. The fraction of sp³-hybridized carbons (Fsp3) is 0.565. The largest absolute Gasteiger partial charge is 0.416 e. The third kappa shape index (κ3) is 6.56. The normalized spacial score (nSPS) is 20.7. The molecule has 0 aliphatic carbocycles. The van der Waals surface area contributed by atoms with Crippen LogP contribution in [0.15, 0.2) is 35.9 Å². The van der Waals surface area contributed by atoms with E-state index in [2.05, 4.69) is 30.1 Å². The summed E-state index contributed by atoms with van der Waals surface area (Å²) in [6, 6.07) is 5.08. The molecule has 3 rings (SSSR count). The van der Waals surface area contributed by atoms with E-state index in [1.54, 1.807) is 6.07 Å². The number of rotatable bonds is 6. The Morgan fingerprint density at radius 2 is 1.94 bits per heavy atom. The van der Waals surface area contributed by atoms with Crippen LogP contribution in [0.2, 0.25) is 0 Å². The molecule has 1 aromatic carbocycles. The quantitative estimate of drug-likeness (QED) is 0.692. The average Bonchev–Trinajstić information content (AvgIpc) is 3.07. The molecule has 0 radical (unpaired) electrons. The topological polar surface area (TPSA) is 52.7 Å². The number of nitrogens with one attached hydrogen (secondary N) is 1. The molecule has 0 saturated carbocycles. The van der Waals surface area contributed by atoms with Crippen molar-refractivity contribution in [2.24, 2.45) is 5.92 Å². The van der Waals surface area contributed by atoms with Crippen LogP contribution in [0.25, 0.3) is 0 Å². The van der Waals surface area contributed by atoms with Crippen molar-refractivity contribution in [2.75, 3.05) is 26.2 Å². The number of nitrogens with zero attached hydrogens (tertiary/aromatic N) is 2. The number of amides is 2. The molecule has 8 heteroatoms. The second kappa shape index (κ2) is 9.85. The van der Waals surface area contributed by atoms with Crippen molar-refractivity contribution in [3.05, 3.63) is 47.0 Å². The van der Waals surface area contributed by atoms with Gasteiger partial charge in [-0.1, -0.05) is 23.8 Å². The number of carbonyl (C=O) groups is 2. The zero-order valence-electron chi connectivity index (χ0n) is 18.0. The van der Waals surface area contributed by atoms with Crippen molar-refractivity contribution >= 4 is 11.8 Å². The van der Waals surface area contributed by atoms with E-state index >= 15 is 0 Å². The van der Waals surface area contributed by atoms with Gasteiger partial charge in [0.1, 0.15) is 0 Å². The number of likely N-dealkylation sites (tertiary alicyclic amines) is 2. The van der Waals surface area contributed by atoms with E-state index in [1.807, 2.05) is 0 Å². The first kappa shape index (κ1) is 23.3. The van der Waals surface area contributed by atoms with Gasteiger partial charge in [0.2, 0.25) is 11.8 Å². The van der Waals surface area contributed by atoms with Crippen molar-refractivity contribution in [3.8, 4) is 0 Å². The van der Waals surface area contributed by atoms with Crippen LogP contribution in [-0.4, -0.2) is 53.8 Å². The van der Waals surface area contributed by atoms with Crippen LogP contribution in [-0.2, 0) is 22.3 Å². The second-order valence-electron chi connectivity index (χ2n) is 8.74. The van der Waals surface area contributed by atoms with Gasteiger partial charge in [-0.05, 0) is 44.4 Å². The van der Waals surface area contributed by atoms with E-state index in [1.165, 1.54) is 16.5 Å². The molecule has 31 heavy (non-hydrogen) atoms. The summed E-state index contributed by atoms with van der Waals surface area (Å²) in [5.74, 6) is -0.793. The van der Waals surface area contributed by atoms with Gasteiger partial charge in [-0.15, -0.1) is 0 Å². The Labute approximate surface area is 181 Å². The smallest absolute Gasteiger partial charge is 0.353 e. The summed E-state index contributed by atoms with van der Waals surface area (Å²) in [5, 5.41) is 3.07. The van der Waals surface area contributed by atoms with Crippen molar-refractivity contribution in [1.29, 1.82) is 0 Å². The molecule has 2 fully saturated rings. The molecule has 2 aliphatic rings. The number of hydrogen-bond donors (Lipinski definition) is 1. The maximum Gasteiger partial charge on any atom is 0.416 e. The van der Waals surface area contributed by atoms with E-state index in [4.69, 9.17) is 0 Å². The summed E-state index contributed by atoms with van der Waals surface area (Å²) < 4.78 is 38.7. The van der Waals surface area contributed by atoms with Gasteiger partial charge in [0.05, 0.1) is 11.5 Å². The van der Waals surface area contributed by atoms with Crippen LogP contribution in [0, 0.1) is 5.92 Å². The lowest BCUT2D eigenvalue weighted by Gasteiger charge is -2.32. The predicted octanol–water partition coefficient (Wildman–Crippen LogP) is 3.60. The summed E-state index contributed by atoms with van der Waals surface area (Å²) >= 11 is 0. The Morgan fingerprint density at radius 1 is 1.23 bits per heavy atom. The number of alkyl halides is 3. The van der Waals surface area contributed by atoms with E-state index in [9.17, 15) is 22.8 Å². The average molecular weight is 438 g/mol. The fourth-order valence-electron chi connectivity index (χ4n) is 4.06. The van der Waals surface area contributed by atoms with Gasteiger partial charge < -0.3 is 10.2 Å². The second-order valence-corrected chi connectivity index (χ2v) is 8.74. The Morgan fingerprint density at radius 3 is 2.58 bits per heavy atom. The minimum absolute atomic E-state index is 0.0787. The first-order valence-corrected chi connectivity index (χ1v) is 10.7. The van der Waals surface area contributed by atoms with Gasteiger partial charge in [0.15, 0.2) is 0 Å². The molecule has 0 spiro atoms. The van der Waals surface area contributed by atoms with Gasteiger partial charge in [0.25, 0.3) is 0 Å². The zero-order chi connectivity index (χ0) is 22.6. The lowest BCUT2D eigenvalue weighted by molar-refractivity contribution is -0.137. The summed E-state index contributed by atoms with van der Waals surface area (Å²) in [7, 11) is 0. The highest BCUT2D eigenvalue weighted by molar-refractivity contribution is 5.89. The molecule has 1 aromatic rings. The molecule has 170 valence electrons. The third-order valence-corrected chi connectivity index (χ3v) is 5.90. The predicted molar refractivity (Wildman–Crippen MR) is 112 cm³/mol. The molecule has 0 bridgehead atoms. The van der Waals surface area contributed by atoms with Crippen molar-refractivity contribution in [3.63, 3.8) is 0 Å². The van der Waals surface area contributed by atoms with Crippen LogP contribution in [0.1, 0.15) is 44.2 Å². The van der Waals surface area contributed by atoms with Crippen LogP contribution < -0.4 is 5.32 Å². The first-order valence-electron chi connectivity index (χ1n) is 10.7. The van der Waals surface area contributed by atoms with Gasteiger partial charge in [-0.2, -0.15) is 13.2 Å². The molecule has 0 aromatic heterocycles. The molecular weight excluding hydrogens is 407 g/mol. The Hall–Kier alpha value is -2.35. The molecule has 2 aliphatic heterocycles. The summed E-state index contributed by atoms with van der Waals surface area (Å²) in [4.78, 5) is 28.9. The maximum atomic E-state index is 12.9. The van der Waals surface area contributed by atoms with Crippen molar-refractivity contribution in [1.82, 2.24) is 15.1 Å². The third-order valence-electron chi connectivity index (χ3n) is 5.90. The molecule has 5 nitrogen and oxygen atoms in total. The van der Waals surface area contributed by atoms with Crippen LogP contribution in [0.4, 0.5) is 13.2 Å². The number of allylic oxidation sites excluding steroid dienone is 1. The maximum absolute atomic E-state index is 12.9. The Kier molecular flexibility index (Phi) is 7.41. The molecule has 1 N–H and O–H groups in total. The Balaban J connectivity index is 1.49. The first-order chi connectivity index (χ1) is 14.6. The molecular formula is C23H30F3N3O2. The highest BCUT2D eigenvalue weighted by Crippen LogP contribution is 2.30. The van der Waals surface area contributed by atoms with Crippen molar-refractivity contribution < 1.29 is 22.8 Å². The number of carbonyl (C=O) groups excluding carboxylic acids is 2. The zero-order valence-corrected chi connectivity index (χ0v) is 18.0. The van der Waals surface area contributed by atoms with Crippen LogP contribution >= 0.6 is 0 Å². The van der Waals surface area contributed by atoms with E-state index in [0.717, 1.165) is 44.6 Å². The van der Waals surface area contributed by atoms with E-state index < -0.39 is 17.7 Å². The monoisotopic (exact) mass is 437 g/mol. The SMILES string of the molecule is CC(C)=CCN1CCC(NC(=O)C2CC(=O)N(Cc3cccc(C(F)(F)F)c3)C2)CC1. The molecule has 2 heterocycles. The van der Waals surface area contributed by atoms with Crippen LogP contribution in [0.3, 0.4) is 0 Å². The Bertz CT molecular complexity index is 826. The minimum atomic E-state index is -4.42. The number of hydrogen-bond acceptors (Lipinski definition) is 3. The number of piperidine rings is 1. The van der Waals surface area contributed by atoms with Gasteiger partial charge in [-0.25, -0.2) is 0 Å². The lowest BCUT2D eigenvalue weighted by Crippen LogP contribution is -2.46. The van der Waals surface area contributed by atoms with E-state index in [-0.39, 0.29) is 37.4 Å². The minimum Gasteiger partial charge on any atom is -0.353 e. The van der Waals surface area contributed by atoms with Gasteiger partial charge in [0, 0.05) is 45.2 Å². The van der Waals surface area contributed by atoms with Gasteiger partial charge >= 0.3 is 6.18 Å². The van der Waals surface area contributed by atoms with Gasteiger partial charge in [-0.3, -0.25) is 14.5 Å². The summed E-state index contributed by atoms with van der Waals surface area (Å²) in [6.07, 6.45) is -0.380. The number of halogens is 3. The standard InChI is InChI=1S/C23H30F3N3O2/c1-16(2)6-9-28-10-7-20(8-11-28)27-22(31)18-13-21(30)29(15-18)14-17-4-3-5-19(12-17)23(24,25)26/h3-6,12,18,20H,7-11,13-15H2,1-2H3,(H,27,31). The van der Waals surface area contributed by atoms with E-state index in [0.29, 0.717) is 5.56 Å². The molecule has 1 unspecified atom stereocenters. The molecule has 2 saturated heterocycles. The molecule has 1 atom stereocenters. The molecule has 2 amide bonds. The summed E-state index contributed by atoms with van der Waals surface area (Å²) in [5.41, 5.74) is 0.964. The lowest BCUT2D eigenvalue weighted by atomic mass is 10.0. The summed E-state index contributed by atoms with van der Waals surface area (Å²) in [6.45, 7) is 7.22. The highest BCUT2D eigenvalue weighted by Gasteiger charge is 2.36. The van der Waals surface area contributed by atoms with Crippen LogP contribution in [0.5, 0.6) is 0 Å². The highest BCUT2D eigenvalue weighted by atomic mass is 19.4. The van der Waals surface area contributed by atoms with Crippen molar-refractivity contribution in [2.45, 2.75) is 51.9 Å².